The Balaban J connectivity index is 1.45. The zero-order chi connectivity index (χ0) is 22.0. The Morgan fingerprint density at radius 1 is 1.16 bits per heavy atom. The lowest BCUT2D eigenvalue weighted by molar-refractivity contribution is -0.385. The van der Waals surface area contributed by atoms with Gasteiger partial charge in [-0.25, -0.2) is 4.98 Å². The molecule has 31 heavy (non-hydrogen) atoms. The first-order valence-corrected chi connectivity index (χ1v) is 11.3. The van der Waals surface area contributed by atoms with Crippen LogP contribution in [0.1, 0.15) is 35.2 Å². The third kappa shape index (κ3) is 4.39. The van der Waals surface area contributed by atoms with E-state index in [1.165, 1.54) is 18.2 Å². The van der Waals surface area contributed by atoms with Crippen LogP contribution in [-0.2, 0) is 4.79 Å². The van der Waals surface area contributed by atoms with E-state index in [9.17, 15) is 19.7 Å². The molecule has 0 saturated carbocycles. The quantitative estimate of drug-likeness (QED) is 0.532. The molecular formula is C21H25N5O4S. The highest BCUT2D eigenvalue weighted by Gasteiger charge is 2.37. The van der Waals surface area contributed by atoms with E-state index in [4.69, 9.17) is 0 Å². The van der Waals surface area contributed by atoms with Gasteiger partial charge in [0.15, 0.2) is 5.13 Å². The summed E-state index contributed by atoms with van der Waals surface area (Å²) < 4.78 is 0. The molecule has 164 valence electrons. The monoisotopic (exact) mass is 443 g/mol. The summed E-state index contributed by atoms with van der Waals surface area (Å²) in [5.74, 6) is -0.251. The lowest BCUT2D eigenvalue weighted by atomic mass is 10.1. The van der Waals surface area contributed by atoms with E-state index in [0.717, 1.165) is 31.1 Å². The molecule has 10 heteroatoms. The third-order valence-corrected chi connectivity index (χ3v) is 6.77. The number of amides is 2. The van der Waals surface area contributed by atoms with Crippen LogP contribution in [0, 0.1) is 17.0 Å². The Morgan fingerprint density at radius 3 is 2.71 bits per heavy atom. The van der Waals surface area contributed by atoms with Crippen molar-refractivity contribution >= 4 is 34.0 Å². The molecule has 2 aromatic rings. The number of nitrogens with zero attached hydrogens (tertiary/aromatic N) is 5. The van der Waals surface area contributed by atoms with Crippen LogP contribution in [0.5, 0.6) is 0 Å². The van der Waals surface area contributed by atoms with Gasteiger partial charge in [-0.2, -0.15) is 0 Å². The molecule has 1 unspecified atom stereocenters. The van der Waals surface area contributed by atoms with Crippen LogP contribution in [0.2, 0.25) is 0 Å². The molecular weight excluding hydrogens is 418 g/mol. The normalized spacial score (nSPS) is 19.4. The summed E-state index contributed by atoms with van der Waals surface area (Å²) in [5.41, 5.74) is 0.807. The SMILES string of the molecule is Cc1cc(C(=O)N2CCCC2C(=O)N2CCCN(c3nccs3)CC2)ccc1[N+](=O)[O-]. The van der Waals surface area contributed by atoms with E-state index >= 15 is 0 Å². The minimum atomic E-state index is -0.477. The van der Waals surface area contributed by atoms with Crippen LogP contribution in [0.15, 0.2) is 29.8 Å². The van der Waals surface area contributed by atoms with E-state index in [1.807, 2.05) is 10.3 Å². The van der Waals surface area contributed by atoms with Crippen molar-refractivity contribution < 1.29 is 14.5 Å². The van der Waals surface area contributed by atoms with Crippen LogP contribution >= 0.6 is 11.3 Å². The Hall–Kier alpha value is -3.01. The maximum Gasteiger partial charge on any atom is 0.272 e. The summed E-state index contributed by atoms with van der Waals surface area (Å²) in [6.45, 7) is 4.98. The van der Waals surface area contributed by atoms with Gasteiger partial charge in [-0.1, -0.05) is 0 Å². The number of hydrogen-bond acceptors (Lipinski definition) is 7. The fourth-order valence-corrected chi connectivity index (χ4v) is 5.03. The van der Waals surface area contributed by atoms with Crippen molar-refractivity contribution in [2.24, 2.45) is 0 Å². The molecule has 2 aliphatic rings. The minimum Gasteiger partial charge on any atom is -0.346 e. The van der Waals surface area contributed by atoms with Crippen molar-refractivity contribution in [2.45, 2.75) is 32.2 Å². The predicted molar refractivity (Wildman–Crippen MR) is 117 cm³/mol. The number of aryl methyl sites for hydroxylation is 1. The molecule has 1 atom stereocenters. The molecule has 3 heterocycles. The second-order valence-corrected chi connectivity index (χ2v) is 8.77. The van der Waals surface area contributed by atoms with E-state index < -0.39 is 11.0 Å². The van der Waals surface area contributed by atoms with Crippen molar-refractivity contribution in [1.82, 2.24) is 14.8 Å². The number of thiazole rings is 1. The molecule has 2 amide bonds. The Labute approximate surface area is 184 Å². The number of rotatable bonds is 4. The molecule has 0 bridgehead atoms. The molecule has 2 aliphatic heterocycles. The lowest BCUT2D eigenvalue weighted by Gasteiger charge is -2.30. The lowest BCUT2D eigenvalue weighted by Crippen LogP contribution is -2.48. The second-order valence-electron chi connectivity index (χ2n) is 7.90. The average molecular weight is 444 g/mol. The number of carbonyl (C=O) groups excluding carboxylic acids is 2. The van der Waals surface area contributed by atoms with Crippen molar-refractivity contribution in [3.63, 3.8) is 0 Å². The third-order valence-electron chi connectivity index (χ3n) is 5.94. The van der Waals surface area contributed by atoms with Crippen LogP contribution in [0.25, 0.3) is 0 Å². The Morgan fingerprint density at radius 2 is 2.00 bits per heavy atom. The van der Waals surface area contributed by atoms with Gasteiger partial charge in [-0.05, 0) is 38.3 Å². The molecule has 0 spiro atoms. The first kappa shape index (κ1) is 21.2. The van der Waals surface area contributed by atoms with Gasteiger partial charge in [0.05, 0.1) is 4.92 Å². The topological polar surface area (TPSA) is 99.9 Å². The van der Waals surface area contributed by atoms with Crippen molar-refractivity contribution in [2.75, 3.05) is 37.6 Å². The second kappa shape index (κ2) is 9.01. The highest BCUT2D eigenvalue weighted by molar-refractivity contribution is 7.13. The standard InChI is InChI=1S/C21H25N5O4S/c1-15-14-16(5-6-17(15)26(29)30)19(27)25-10-2-4-18(25)20(28)23-8-3-9-24(12-11-23)21-22-7-13-31-21/h5-7,13-14,18H,2-4,8-12H2,1H3. The molecule has 2 fully saturated rings. The fourth-order valence-electron chi connectivity index (χ4n) is 4.34. The number of nitro groups is 1. The summed E-state index contributed by atoms with van der Waals surface area (Å²) in [6.07, 6.45) is 4.06. The maximum atomic E-state index is 13.3. The van der Waals surface area contributed by atoms with Gasteiger partial charge in [0.2, 0.25) is 5.91 Å². The minimum absolute atomic E-state index is 0.00882. The van der Waals surface area contributed by atoms with Crippen LogP contribution in [0.3, 0.4) is 0 Å². The zero-order valence-electron chi connectivity index (χ0n) is 17.4. The van der Waals surface area contributed by atoms with Gasteiger partial charge in [0, 0.05) is 61.5 Å². The van der Waals surface area contributed by atoms with Crippen LogP contribution in [0.4, 0.5) is 10.8 Å². The van der Waals surface area contributed by atoms with E-state index in [0.29, 0.717) is 37.2 Å². The van der Waals surface area contributed by atoms with E-state index in [2.05, 4.69) is 9.88 Å². The summed E-state index contributed by atoms with van der Waals surface area (Å²) >= 11 is 1.60. The molecule has 1 aromatic heterocycles. The van der Waals surface area contributed by atoms with Gasteiger partial charge in [-0.3, -0.25) is 19.7 Å². The summed E-state index contributed by atoms with van der Waals surface area (Å²) in [7, 11) is 0. The Bertz CT molecular complexity index is 980. The number of nitro benzene ring substituents is 1. The summed E-state index contributed by atoms with van der Waals surface area (Å²) in [5, 5.41) is 14.0. The highest BCUT2D eigenvalue weighted by atomic mass is 32.1. The number of benzene rings is 1. The van der Waals surface area contributed by atoms with Gasteiger partial charge >= 0.3 is 0 Å². The van der Waals surface area contributed by atoms with Crippen LogP contribution in [-0.4, -0.2) is 70.3 Å². The van der Waals surface area contributed by atoms with Gasteiger partial charge in [0.25, 0.3) is 11.6 Å². The van der Waals surface area contributed by atoms with Gasteiger partial charge < -0.3 is 14.7 Å². The molecule has 0 radical (unpaired) electrons. The van der Waals surface area contributed by atoms with Gasteiger partial charge in [-0.15, -0.1) is 11.3 Å². The summed E-state index contributed by atoms with van der Waals surface area (Å²) in [4.78, 5) is 47.1. The number of aromatic nitrogens is 1. The Kier molecular flexibility index (Phi) is 6.17. The molecule has 9 nitrogen and oxygen atoms in total. The largest absolute Gasteiger partial charge is 0.346 e. The number of carbonyl (C=O) groups is 2. The highest BCUT2D eigenvalue weighted by Crippen LogP contribution is 2.26. The number of likely N-dealkylation sites (tertiary alicyclic amines) is 1. The van der Waals surface area contributed by atoms with E-state index in [1.54, 1.807) is 29.4 Å². The first-order valence-electron chi connectivity index (χ1n) is 10.4. The van der Waals surface area contributed by atoms with Crippen molar-refractivity contribution in [3.05, 3.63) is 51.0 Å². The molecule has 0 N–H and O–H groups in total. The molecule has 4 rings (SSSR count). The number of hydrogen-bond donors (Lipinski definition) is 0. The fraction of sp³-hybridized carbons (Fsp3) is 0.476. The number of anilines is 1. The first-order chi connectivity index (χ1) is 15.0. The molecule has 2 saturated heterocycles. The average Bonchev–Trinajstić information content (AvgIpc) is 3.40. The molecule has 1 aromatic carbocycles. The van der Waals surface area contributed by atoms with Crippen LogP contribution < -0.4 is 4.90 Å². The van der Waals surface area contributed by atoms with Crippen molar-refractivity contribution in [3.8, 4) is 0 Å². The zero-order valence-corrected chi connectivity index (χ0v) is 18.2. The maximum absolute atomic E-state index is 13.3. The van der Waals surface area contributed by atoms with Gasteiger partial charge in [0.1, 0.15) is 6.04 Å². The van der Waals surface area contributed by atoms with E-state index in [-0.39, 0.29) is 17.5 Å². The van der Waals surface area contributed by atoms with Crippen molar-refractivity contribution in [1.29, 1.82) is 0 Å². The summed E-state index contributed by atoms with van der Waals surface area (Å²) in [6, 6.07) is 3.90. The predicted octanol–water partition coefficient (Wildman–Crippen LogP) is 2.70. The smallest absolute Gasteiger partial charge is 0.272 e. The molecule has 0 aliphatic carbocycles.